The normalized spacial score (nSPS) is 10.8. The maximum atomic E-state index is 10.6. The van der Waals surface area contributed by atoms with Crippen molar-refractivity contribution in [2.24, 2.45) is 0 Å². The van der Waals surface area contributed by atoms with E-state index in [9.17, 15) is 4.79 Å². The molecule has 130 valence electrons. The van der Waals surface area contributed by atoms with Gasteiger partial charge in [-0.3, -0.25) is 4.79 Å². The van der Waals surface area contributed by atoms with E-state index < -0.39 is 5.97 Å². The van der Waals surface area contributed by atoms with E-state index in [1.54, 1.807) is 0 Å². The maximum Gasteiger partial charge on any atom is 0.307 e. The summed E-state index contributed by atoms with van der Waals surface area (Å²) in [5, 5.41) is 8.75. The monoisotopic (exact) mass is 318 g/mol. The summed E-state index contributed by atoms with van der Waals surface area (Å²) in [6, 6.07) is 8.05. The van der Waals surface area contributed by atoms with Crippen LogP contribution in [0.25, 0.3) is 0 Å². The van der Waals surface area contributed by atoms with Gasteiger partial charge in [-0.15, -0.1) is 0 Å². The molecule has 1 aromatic rings. The summed E-state index contributed by atoms with van der Waals surface area (Å²) in [5.41, 5.74) is 2.22. The Hall–Kier alpha value is -1.31. The van der Waals surface area contributed by atoms with Crippen molar-refractivity contribution in [1.29, 1.82) is 0 Å². The Morgan fingerprint density at radius 3 is 1.65 bits per heavy atom. The molecule has 1 rings (SSSR count). The summed E-state index contributed by atoms with van der Waals surface area (Å²) >= 11 is 0. The van der Waals surface area contributed by atoms with Gasteiger partial charge in [0.25, 0.3) is 0 Å². The lowest BCUT2D eigenvalue weighted by Gasteiger charge is -2.04. The second kappa shape index (κ2) is 13.2. The number of hydrogen-bond acceptors (Lipinski definition) is 1. The fourth-order valence-corrected chi connectivity index (χ4v) is 2.99. The number of carboxylic acid groups (broad SMARTS) is 1. The zero-order chi connectivity index (χ0) is 16.8. The summed E-state index contributed by atoms with van der Waals surface area (Å²) in [6.45, 7) is 2.27. The van der Waals surface area contributed by atoms with Gasteiger partial charge in [0.2, 0.25) is 0 Å². The molecular weight excluding hydrogens is 284 g/mol. The van der Waals surface area contributed by atoms with Crippen LogP contribution >= 0.6 is 0 Å². The van der Waals surface area contributed by atoms with E-state index in [1.165, 1.54) is 76.2 Å². The molecule has 23 heavy (non-hydrogen) atoms. The average Bonchev–Trinajstić information content (AvgIpc) is 2.53. The van der Waals surface area contributed by atoms with Crippen LogP contribution in [-0.2, 0) is 17.6 Å². The Morgan fingerprint density at radius 2 is 1.17 bits per heavy atom. The number of benzene rings is 1. The van der Waals surface area contributed by atoms with Gasteiger partial charge in [0.05, 0.1) is 6.42 Å². The van der Waals surface area contributed by atoms with Crippen LogP contribution in [0.3, 0.4) is 0 Å². The van der Waals surface area contributed by atoms with E-state index in [4.69, 9.17) is 5.11 Å². The Kier molecular flexibility index (Phi) is 11.3. The van der Waals surface area contributed by atoms with Crippen molar-refractivity contribution in [3.05, 3.63) is 35.4 Å². The van der Waals surface area contributed by atoms with Crippen LogP contribution in [0.5, 0.6) is 0 Å². The smallest absolute Gasteiger partial charge is 0.307 e. The Morgan fingerprint density at radius 1 is 0.739 bits per heavy atom. The van der Waals surface area contributed by atoms with Crippen molar-refractivity contribution in [2.75, 3.05) is 0 Å². The highest BCUT2D eigenvalue weighted by molar-refractivity contribution is 5.70. The Labute approximate surface area is 142 Å². The molecule has 0 unspecified atom stereocenters. The van der Waals surface area contributed by atoms with Gasteiger partial charge in [-0.1, -0.05) is 95.4 Å². The fraction of sp³-hybridized carbons (Fsp3) is 0.667. The Bertz CT molecular complexity index is 408. The summed E-state index contributed by atoms with van der Waals surface area (Å²) in [4.78, 5) is 10.6. The van der Waals surface area contributed by atoms with Gasteiger partial charge in [0.1, 0.15) is 0 Å². The first-order valence-corrected chi connectivity index (χ1v) is 9.52. The molecule has 2 nitrogen and oxygen atoms in total. The standard InChI is InChI=1S/C21H34O2/c1-2-3-4-5-6-7-8-9-10-11-12-13-19-14-16-20(17-15-19)18-21(22)23/h14-17H,2-13,18H2,1H3,(H,22,23). The number of carboxylic acids is 1. The largest absolute Gasteiger partial charge is 0.481 e. The van der Waals surface area contributed by atoms with Crippen molar-refractivity contribution >= 4 is 5.97 Å². The summed E-state index contributed by atoms with van der Waals surface area (Å²) in [7, 11) is 0. The lowest BCUT2D eigenvalue weighted by atomic mass is 10.0. The van der Waals surface area contributed by atoms with Crippen LogP contribution in [0, 0.1) is 0 Å². The lowest BCUT2D eigenvalue weighted by molar-refractivity contribution is -0.136. The molecule has 0 aliphatic rings. The van der Waals surface area contributed by atoms with Crippen molar-refractivity contribution in [3.8, 4) is 0 Å². The highest BCUT2D eigenvalue weighted by Crippen LogP contribution is 2.13. The predicted molar refractivity (Wildman–Crippen MR) is 97.9 cm³/mol. The first kappa shape index (κ1) is 19.7. The van der Waals surface area contributed by atoms with Crippen LogP contribution < -0.4 is 0 Å². The van der Waals surface area contributed by atoms with Crippen LogP contribution in [0.2, 0.25) is 0 Å². The third-order valence-electron chi connectivity index (χ3n) is 4.45. The maximum absolute atomic E-state index is 10.6. The van der Waals surface area contributed by atoms with Gasteiger partial charge in [0.15, 0.2) is 0 Å². The number of carbonyl (C=O) groups is 1. The predicted octanol–water partition coefficient (Wildman–Crippen LogP) is 6.17. The number of aryl methyl sites for hydroxylation is 1. The third kappa shape index (κ3) is 11.0. The highest BCUT2D eigenvalue weighted by atomic mass is 16.4. The molecule has 0 aromatic heterocycles. The van der Waals surface area contributed by atoms with Gasteiger partial charge in [-0.05, 0) is 24.0 Å². The van der Waals surface area contributed by atoms with Gasteiger partial charge >= 0.3 is 5.97 Å². The molecule has 0 heterocycles. The van der Waals surface area contributed by atoms with Gasteiger partial charge in [-0.2, -0.15) is 0 Å². The molecule has 0 radical (unpaired) electrons. The zero-order valence-electron chi connectivity index (χ0n) is 14.9. The second-order valence-corrected chi connectivity index (χ2v) is 6.67. The molecule has 0 aliphatic heterocycles. The first-order chi connectivity index (χ1) is 11.2. The summed E-state index contributed by atoms with van der Waals surface area (Å²) in [5.74, 6) is -0.761. The van der Waals surface area contributed by atoms with E-state index in [-0.39, 0.29) is 6.42 Å². The number of aliphatic carboxylic acids is 1. The van der Waals surface area contributed by atoms with Crippen molar-refractivity contribution < 1.29 is 9.90 Å². The molecule has 0 atom stereocenters. The molecule has 0 bridgehead atoms. The molecular formula is C21H34O2. The van der Waals surface area contributed by atoms with E-state index in [0.717, 1.165) is 12.0 Å². The van der Waals surface area contributed by atoms with Crippen molar-refractivity contribution in [3.63, 3.8) is 0 Å². The van der Waals surface area contributed by atoms with Gasteiger partial charge < -0.3 is 5.11 Å². The van der Waals surface area contributed by atoms with Gasteiger partial charge in [-0.25, -0.2) is 0 Å². The minimum atomic E-state index is -0.761. The van der Waals surface area contributed by atoms with E-state index in [1.807, 2.05) is 12.1 Å². The molecule has 0 spiro atoms. The van der Waals surface area contributed by atoms with Crippen molar-refractivity contribution in [1.82, 2.24) is 0 Å². The number of hydrogen-bond donors (Lipinski definition) is 1. The molecule has 0 aliphatic carbocycles. The fourth-order valence-electron chi connectivity index (χ4n) is 2.99. The van der Waals surface area contributed by atoms with Crippen LogP contribution in [0.15, 0.2) is 24.3 Å². The minimum Gasteiger partial charge on any atom is -0.481 e. The summed E-state index contributed by atoms with van der Waals surface area (Å²) in [6.07, 6.45) is 16.3. The number of rotatable bonds is 14. The number of unbranched alkanes of at least 4 members (excludes halogenated alkanes) is 10. The highest BCUT2D eigenvalue weighted by Gasteiger charge is 2.00. The summed E-state index contributed by atoms with van der Waals surface area (Å²) < 4.78 is 0. The van der Waals surface area contributed by atoms with E-state index in [0.29, 0.717) is 0 Å². The molecule has 0 saturated carbocycles. The van der Waals surface area contributed by atoms with Crippen molar-refractivity contribution in [2.45, 2.75) is 90.4 Å². The van der Waals surface area contributed by atoms with Crippen LogP contribution in [0.1, 0.15) is 88.7 Å². The van der Waals surface area contributed by atoms with E-state index >= 15 is 0 Å². The third-order valence-corrected chi connectivity index (χ3v) is 4.45. The van der Waals surface area contributed by atoms with Crippen LogP contribution in [0.4, 0.5) is 0 Å². The quantitative estimate of drug-likeness (QED) is 0.417. The molecule has 2 heteroatoms. The van der Waals surface area contributed by atoms with E-state index in [2.05, 4.69) is 19.1 Å². The second-order valence-electron chi connectivity index (χ2n) is 6.67. The Balaban J connectivity index is 1.95. The molecule has 1 aromatic carbocycles. The SMILES string of the molecule is CCCCCCCCCCCCCc1ccc(CC(=O)O)cc1. The average molecular weight is 319 g/mol. The minimum absolute atomic E-state index is 0.124. The molecule has 0 saturated heterocycles. The molecule has 0 fully saturated rings. The lowest BCUT2D eigenvalue weighted by Crippen LogP contribution is -1.99. The van der Waals surface area contributed by atoms with Crippen LogP contribution in [-0.4, -0.2) is 11.1 Å². The molecule has 0 amide bonds. The topological polar surface area (TPSA) is 37.3 Å². The first-order valence-electron chi connectivity index (χ1n) is 9.52. The van der Waals surface area contributed by atoms with Gasteiger partial charge in [0, 0.05) is 0 Å². The molecule has 1 N–H and O–H groups in total. The zero-order valence-corrected chi connectivity index (χ0v) is 14.9.